The molecule has 11 heavy (non-hydrogen) atoms. The van der Waals surface area contributed by atoms with Crippen LogP contribution in [0.1, 0.15) is 13.3 Å². The molecule has 0 bridgehead atoms. The topological polar surface area (TPSA) is 34.1 Å². The van der Waals surface area contributed by atoms with Gasteiger partial charge in [0.1, 0.15) is 11.6 Å². The molecule has 0 radical (unpaired) electrons. The van der Waals surface area contributed by atoms with Crippen molar-refractivity contribution in [2.75, 3.05) is 0 Å². The van der Waals surface area contributed by atoms with E-state index in [4.69, 9.17) is 0 Å². The predicted molar refractivity (Wildman–Crippen MR) is 48.5 cm³/mol. The molecular formula is C8H16O2Si. The fourth-order valence-corrected chi connectivity index (χ4v) is 2.24. The summed E-state index contributed by atoms with van der Waals surface area (Å²) in [5, 5.41) is 0. The average molecular weight is 172 g/mol. The number of hydrogen-bond donors (Lipinski definition) is 0. The van der Waals surface area contributed by atoms with Gasteiger partial charge in [-0.1, -0.05) is 19.6 Å². The Balaban J connectivity index is 3.80. The maximum Gasteiger partial charge on any atom is 0.137 e. The lowest BCUT2D eigenvalue weighted by atomic mass is 10.2. The molecule has 0 saturated heterocycles. The molecule has 0 aromatic heterocycles. The van der Waals surface area contributed by atoms with Gasteiger partial charge in [-0.25, -0.2) is 0 Å². The van der Waals surface area contributed by atoms with Gasteiger partial charge >= 0.3 is 0 Å². The Morgan fingerprint density at radius 3 is 1.91 bits per heavy atom. The van der Waals surface area contributed by atoms with Crippen molar-refractivity contribution < 1.29 is 9.59 Å². The Labute approximate surface area is 69.0 Å². The second-order valence-corrected chi connectivity index (χ2v) is 9.63. The van der Waals surface area contributed by atoms with E-state index >= 15 is 0 Å². The first kappa shape index (κ1) is 10.6. The molecule has 3 heteroatoms. The van der Waals surface area contributed by atoms with Gasteiger partial charge in [0, 0.05) is 6.04 Å². The molecule has 0 saturated carbocycles. The van der Waals surface area contributed by atoms with Crippen LogP contribution in [-0.2, 0) is 9.59 Å². The SMILES string of the molecule is CC(=O)CC(=O)C[Si](C)(C)C. The van der Waals surface area contributed by atoms with E-state index in [9.17, 15) is 9.59 Å². The molecule has 0 aliphatic rings. The first-order valence-electron chi connectivity index (χ1n) is 3.82. The molecule has 0 N–H and O–H groups in total. The predicted octanol–water partition coefficient (Wildman–Crippen LogP) is 1.87. The molecule has 0 atom stereocenters. The maximum absolute atomic E-state index is 11.1. The molecule has 0 spiro atoms. The molecule has 0 unspecified atom stereocenters. The summed E-state index contributed by atoms with van der Waals surface area (Å²) in [6, 6.07) is 0.632. The van der Waals surface area contributed by atoms with Gasteiger partial charge in [-0.05, 0) is 6.92 Å². The van der Waals surface area contributed by atoms with Crippen LogP contribution in [0.3, 0.4) is 0 Å². The van der Waals surface area contributed by atoms with Gasteiger partial charge in [0.2, 0.25) is 0 Å². The first-order chi connectivity index (χ1) is 4.81. The van der Waals surface area contributed by atoms with Crippen LogP contribution in [0.15, 0.2) is 0 Å². The van der Waals surface area contributed by atoms with E-state index in [0.717, 1.165) is 0 Å². The molecule has 0 aromatic rings. The van der Waals surface area contributed by atoms with Gasteiger partial charge in [-0.3, -0.25) is 9.59 Å². The van der Waals surface area contributed by atoms with Gasteiger partial charge in [0.25, 0.3) is 0 Å². The van der Waals surface area contributed by atoms with E-state index in [-0.39, 0.29) is 18.0 Å². The molecular weight excluding hydrogens is 156 g/mol. The summed E-state index contributed by atoms with van der Waals surface area (Å²) >= 11 is 0. The summed E-state index contributed by atoms with van der Waals surface area (Å²) in [4.78, 5) is 21.6. The molecule has 0 heterocycles. The highest BCUT2D eigenvalue weighted by atomic mass is 28.3. The summed E-state index contributed by atoms with van der Waals surface area (Å²) in [6.45, 7) is 7.85. The van der Waals surface area contributed by atoms with E-state index in [1.54, 1.807) is 0 Å². The van der Waals surface area contributed by atoms with Crippen LogP contribution in [-0.4, -0.2) is 19.6 Å². The number of ketones is 2. The number of Topliss-reactive ketones (excluding diaryl/α,β-unsaturated/α-hetero) is 2. The fourth-order valence-electron chi connectivity index (χ4n) is 0.932. The molecule has 64 valence electrons. The summed E-state index contributed by atoms with van der Waals surface area (Å²) < 4.78 is 0. The number of carbonyl (C=O) groups is 2. The smallest absolute Gasteiger partial charge is 0.137 e. The Bertz CT molecular complexity index is 167. The maximum atomic E-state index is 11.1. The standard InChI is InChI=1S/C8H16O2Si/c1-7(9)5-8(10)6-11(2,3)4/h5-6H2,1-4H3. The van der Waals surface area contributed by atoms with E-state index in [2.05, 4.69) is 19.6 Å². The summed E-state index contributed by atoms with van der Waals surface area (Å²) in [6.07, 6.45) is 0.129. The summed E-state index contributed by atoms with van der Waals surface area (Å²) in [5.74, 6) is 0.0879. The van der Waals surface area contributed by atoms with Crippen molar-refractivity contribution >= 4 is 19.6 Å². The lowest BCUT2D eigenvalue weighted by Gasteiger charge is -2.13. The van der Waals surface area contributed by atoms with Gasteiger partial charge in [-0.15, -0.1) is 0 Å². The van der Waals surface area contributed by atoms with Crippen LogP contribution in [0.4, 0.5) is 0 Å². The minimum absolute atomic E-state index is 0.0201. The van der Waals surface area contributed by atoms with Gasteiger partial charge in [0.05, 0.1) is 14.5 Å². The molecule has 0 fully saturated rings. The third kappa shape index (κ3) is 7.45. The number of hydrogen-bond acceptors (Lipinski definition) is 2. The van der Waals surface area contributed by atoms with Crippen molar-refractivity contribution in [3.05, 3.63) is 0 Å². The van der Waals surface area contributed by atoms with Crippen molar-refractivity contribution in [1.29, 1.82) is 0 Å². The van der Waals surface area contributed by atoms with Gasteiger partial charge < -0.3 is 0 Å². The molecule has 0 rings (SSSR count). The van der Waals surface area contributed by atoms with E-state index in [1.807, 2.05) is 0 Å². The van der Waals surface area contributed by atoms with Crippen LogP contribution in [0.5, 0.6) is 0 Å². The molecule has 0 amide bonds. The lowest BCUT2D eigenvalue weighted by Crippen LogP contribution is -2.24. The van der Waals surface area contributed by atoms with Crippen LogP contribution in [0.25, 0.3) is 0 Å². The quantitative estimate of drug-likeness (QED) is 0.479. The normalized spacial score (nSPS) is 11.3. The Hall–Kier alpha value is -0.443. The molecule has 0 aromatic carbocycles. The fraction of sp³-hybridized carbons (Fsp3) is 0.750. The van der Waals surface area contributed by atoms with Crippen molar-refractivity contribution in [3.63, 3.8) is 0 Å². The minimum atomic E-state index is -1.29. The van der Waals surface area contributed by atoms with Crippen molar-refractivity contribution in [3.8, 4) is 0 Å². The van der Waals surface area contributed by atoms with E-state index in [1.165, 1.54) is 6.92 Å². The first-order valence-corrected chi connectivity index (χ1v) is 7.53. The van der Waals surface area contributed by atoms with E-state index < -0.39 is 8.07 Å². The highest BCUT2D eigenvalue weighted by Crippen LogP contribution is 2.09. The van der Waals surface area contributed by atoms with E-state index in [0.29, 0.717) is 6.04 Å². The lowest BCUT2D eigenvalue weighted by molar-refractivity contribution is -0.124. The number of rotatable bonds is 4. The second-order valence-electron chi connectivity index (χ2n) is 4.15. The van der Waals surface area contributed by atoms with Crippen LogP contribution < -0.4 is 0 Å². The minimum Gasteiger partial charge on any atom is -0.300 e. The third-order valence-corrected chi connectivity index (χ3v) is 2.63. The Morgan fingerprint density at radius 1 is 1.18 bits per heavy atom. The average Bonchev–Trinajstić information content (AvgIpc) is 1.53. The van der Waals surface area contributed by atoms with Crippen LogP contribution >= 0.6 is 0 Å². The molecule has 0 aliphatic carbocycles. The van der Waals surface area contributed by atoms with Crippen molar-refractivity contribution in [1.82, 2.24) is 0 Å². The third-order valence-electron chi connectivity index (χ3n) is 1.17. The van der Waals surface area contributed by atoms with Crippen molar-refractivity contribution in [2.24, 2.45) is 0 Å². The molecule has 2 nitrogen and oxygen atoms in total. The summed E-state index contributed by atoms with van der Waals surface area (Å²) in [5.41, 5.74) is 0. The van der Waals surface area contributed by atoms with Crippen molar-refractivity contribution in [2.45, 2.75) is 39.0 Å². The monoisotopic (exact) mass is 172 g/mol. The second kappa shape index (κ2) is 3.81. The van der Waals surface area contributed by atoms with Crippen LogP contribution in [0, 0.1) is 0 Å². The van der Waals surface area contributed by atoms with Crippen LogP contribution in [0.2, 0.25) is 25.7 Å². The van der Waals surface area contributed by atoms with Gasteiger partial charge in [-0.2, -0.15) is 0 Å². The molecule has 0 aliphatic heterocycles. The number of carbonyl (C=O) groups excluding carboxylic acids is 2. The highest BCUT2D eigenvalue weighted by molar-refractivity contribution is 6.78. The zero-order valence-electron chi connectivity index (χ0n) is 7.73. The zero-order chi connectivity index (χ0) is 9.07. The zero-order valence-corrected chi connectivity index (χ0v) is 8.73. The Kier molecular flexibility index (Phi) is 3.65. The largest absolute Gasteiger partial charge is 0.300 e. The highest BCUT2D eigenvalue weighted by Gasteiger charge is 2.18. The van der Waals surface area contributed by atoms with Gasteiger partial charge in [0.15, 0.2) is 0 Å². The summed E-state index contributed by atoms with van der Waals surface area (Å²) in [7, 11) is -1.29. The Morgan fingerprint density at radius 2 is 1.64 bits per heavy atom.